The zero-order valence-electron chi connectivity index (χ0n) is 14.7. The summed E-state index contributed by atoms with van der Waals surface area (Å²) >= 11 is 5.90. The topological polar surface area (TPSA) is 64.6 Å². The summed E-state index contributed by atoms with van der Waals surface area (Å²) in [5.41, 5.74) is 0.918. The number of benzene rings is 2. The summed E-state index contributed by atoms with van der Waals surface area (Å²) in [5.74, 6) is -2.40. The number of carbonyl (C=O) groups excluding carboxylic acids is 2. The third-order valence-corrected chi connectivity index (χ3v) is 4.08. The fourth-order valence-corrected chi connectivity index (χ4v) is 2.37. The van der Waals surface area contributed by atoms with E-state index in [1.165, 1.54) is 13.0 Å². The van der Waals surface area contributed by atoms with E-state index in [0.29, 0.717) is 10.8 Å². The van der Waals surface area contributed by atoms with Gasteiger partial charge in [0, 0.05) is 16.7 Å². The van der Waals surface area contributed by atoms with Crippen molar-refractivity contribution in [2.24, 2.45) is 0 Å². The van der Waals surface area contributed by atoms with Gasteiger partial charge in [-0.3, -0.25) is 4.79 Å². The van der Waals surface area contributed by atoms with Gasteiger partial charge in [-0.1, -0.05) is 17.7 Å². The first-order valence-corrected chi connectivity index (χ1v) is 8.43. The second-order valence-corrected chi connectivity index (χ2v) is 6.22. The number of aryl methyl sites for hydroxylation is 1. The lowest BCUT2D eigenvalue weighted by atomic mass is 10.1. The van der Waals surface area contributed by atoms with E-state index in [-0.39, 0.29) is 12.2 Å². The van der Waals surface area contributed by atoms with Gasteiger partial charge in [-0.05, 0) is 43.7 Å². The highest BCUT2D eigenvalue weighted by Crippen LogP contribution is 2.21. The van der Waals surface area contributed by atoms with E-state index >= 15 is 0 Å². The van der Waals surface area contributed by atoms with Gasteiger partial charge in [-0.25, -0.2) is 13.6 Å². The Hall–Kier alpha value is -2.67. The summed E-state index contributed by atoms with van der Waals surface area (Å²) in [5, 5.41) is 3.04. The number of hydrogen-bond acceptors (Lipinski definition) is 4. The quantitative estimate of drug-likeness (QED) is 0.723. The molecule has 0 aromatic heterocycles. The number of esters is 1. The maximum atomic E-state index is 13.7. The Labute approximate surface area is 160 Å². The SMILES string of the molecule is Cc1cc(OCC(=O)OCC(=O)N[C@H](C)c2ccc(F)cc2F)ccc1Cl. The molecule has 27 heavy (non-hydrogen) atoms. The van der Waals surface area contributed by atoms with Gasteiger partial charge in [-0.2, -0.15) is 0 Å². The van der Waals surface area contributed by atoms with E-state index < -0.39 is 36.2 Å². The molecule has 2 rings (SSSR count). The van der Waals surface area contributed by atoms with Crippen LogP contribution in [0.25, 0.3) is 0 Å². The molecule has 1 N–H and O–H groups in total. The van der Waals surface area contributed by atoms with Crippen LogP contribution in [-0.2, 0) is 14.3 Å². The Kier molecular flexibility index (Phi) is 7.12. The smallest absolute Gasteiger partial charge is 0.344 e. The maximum Gasteiger partial charge on any atom is 0.344 e. The van der Waals surface area contributed by atoms with Gasteiger partial charge in [0.2, 0.25) is 0 Å². The average Bonchev–Trinajstić information content (AvgIpc) is 2.60. The average molecular weight is 398 g/mol. The predicted molar refractivity (Wildman–Crippen MR) is 95.6 cm³/mol. The van der Waals surface area contributed by atoms with Gasteiger partial charge in [0.25, 0.3) is 5.91 Å². The van der Waals surface area contributed by atoms with Crippen molar-refractivity contribution >= 4 is 23.5 Å². The van der Waals surface area contributed by atoms with Crippen LogP contribution in [0.1, 0.15) is 24.1 Å². The maximum absolute atomic E-state index is 13.7. The molecule has 0 unspecified atom stereocenters. The van der Waals surface area contributed by atoms with E-state index in [1.807, 2.05) is 0 Å². The third kappa shape index (κ3) is 6.21. The molecule has 1 amide bonds. The van der Waals surface area contributed by atoms with Crippen LogP contribution in [-0.4, -0.2) is 25.1 Å². The highest BCUT2D eigenvalue weighted by molar-refractivity contribution is 6.31. The first-order chi connectivity index (χ1) is 12.8. The number of ether oxygens (including phenoxy) is 2. The second kappa shape index (κ2) is 9.32. The summed E-state index contributed by atoms with van der Waals surface area (Å²) < 4.78 is 36.7. The lowest BCUT2D eigenvalue weighted by Gasteiger charge is -2.15. The van der Waals surface area contributed by atoms with Crippen molar-refractivity contribution in [2.75, 3.05) is 13.2 Å². The summed E-state index contributed by atoms with van der Waals surface area (Å²) in [6.07, 6.45) is 0. The van der Waals surface area contributed by atoms with Gasteiger partial charge < -0.3 is 14.8 Å². The van der Waals surface area contributed by atoms with E-state index in [2.05, 4.69) is 5.32 Å². The van der Waals surface area contributed by atoms with Crippen molar-refractivity contribution in [3.63, 3.8) is 0 Å². The predicted octanol–water partition coefficient (Wildman–Crippen LogP) is 3.73. The zero-order chi connectivity index (χ0) is 20.0. The minimum atomic E-state index is -0.772. The molecular formula is C19H18ClF2NO4. The van der Waals surface area contributed by atoms with Crippen LogP contribution in [0.5, 0.6) is 5.75 Å². The molecule has 0 saturated carbocycles. The van der Waals surface area contributed by atoms with Crippen molar-refractivity contribution in [3.8, 4) is 5.75 Å². The fraction of sp³-hybridized carbons (Fsp3) is 0.263. The molecule has 0 saturated heterocycles. The van der Waals surface area contributed by atoms with Crippen LogP contribution < -0.4 is 10.1 Å². The molecule has 5 nitrogen and oxygen atoms in total. The summed E-state index contributed by atoms with van der Waals surface area (Å²) in [6.45, 7) is 2.40. The van der Waals surface area contributed by atoms with Gasteiger partial charge in [0.15, 0.2) is 13.2 Å². The minimum absolute atomic E-state index is 0.123. The molecule has 0 aliphatic heterocycles. The molecule has 0 spiro atoms. The van der Waals surface area contributed by atoms with Crippen LogP contribution in [0.2, 0.25) is 5.02 Å². The van der Waals surface area contributed by atoms with Gasteiger partial charge in [0.05, 0.1) is 6.04 Å². The van der Waals surface area contributed by atoms with Crippen LogP contribution in [0.4, 0.5) is 8.78 Å². The van der Waals surface area contributed by atoms with Gasteiger partial charge >= 0.3 is 5.97 Å². The van der Waals surface area contributed by atoms with Crippen LogP contribution >= 0.6 is 11.6 Å². The lowest BCUT2D eigenvalue weighted by Crippen LogP contribution is -2.32. The minimum Gasteiger partial charge on any atom is -0.482 e. The standard InChI is InChI=1S/C19H18ClF2NO4/c1-11-7-14(4-6-16(11)20)26-10-19(25)27-9-18(24)23-12(2)15-5-3-13(21)8-17(15)22/h3-8,12H,9-10H2,1-2H3,(H,23,24)/t12-/m1/s1. The Morgan fingerprint density at radius 2 is 1.89 bits per heavy atom. The highest BCUT2D eigenvalue weighted by atomic mass is 35.5. The molecule has 2 aromatic carbocycles. The molecule has 0 radical (unpaired) electrons. The van der Waals surface area contributed by atoms with E-state index in [1.54, 1.807) is 25.1 Å². The number of nitrogens with one attached hydrogen (secondary N) is 1. The third-order valence-electron chi connectivity index (χ3n) is 3.66. The Morgan fingerprint density at radius 1 is 1.15 bits per heavy atom. The van der Waals surface area contributed by atoms with Gasteiger partial charge in [-0.15, -0.1) is 0 Å². The molecule has 0 heterocycles. The van der Waals surface area contributed by atoms with Crippen molar-refractivity contribution in [1.29, 1.82) is 0 Å². The van der Waals surface area contributed by atoms with E-state index in [0.717, 1.165) is 17.7 Å². The number of hydrogen-bond donors (Lipinski definition) is 1. The second-order valence-electron chi connectivity index (χ2n) is 5.82. The highest BCUT2D eigenvalue weighted by Gasteiger charge is 2.15. The zero-order valence-corrected chi connectivity index (χ0v) is 15.5. The Balaban J connectivity index is 1.77. The van der Waals surface area contributed by atoms with E-state index in [9.17, 15) is 18.4 Å². The summed E-state index contributed by atoms with van der Waals surface area (Å²) in [4.78, 5) is 23.5. The monoisotopic (exact) mass is 397 g/mol. The van der Waals surface area contributed by atoms with Gasteiger partial charge in [0.1, 0.15) is 17.4 Å². The molecule has 2 aromatic rings. The molecular weight excluding hydrogens is 380 g/mol. The molecule has 0 aliphatic carbocycles. The normalized spacial score (nSPS) is 11.6. The number of rotatable bonds is 7. The molecule has 0 fully saturated rings. The number of halogens is 3. The van der Waals surface area contributed by atoms with E-state index in [4.69, 9.17) is 21.1 Å². The number of carbonyl (C=O) groups is 2. The van der Waals surface area contributed by atoms with Crippen LogP contribution in [0.3, 0.4) is 0 Å². The van der Waals surface area contributed by atoms with Crippen LogP contribution in [0, 0.1) is 18.6 Å². The molecule has 0 bridgehead atoms. The van der Waals surface area contributed by atoms with Crippen molar-refractivity contribution in [3.05, 3.63) is 64.2 Å². The van der Waals surface area contributed by atoms with Crippen molar-refractivity contribution in [1.82, 2.24) is 5.32 Å². The molecule has 8 heteroatoms. The largest absolute Gasteiger partial charge is 0.482 e. The Bertz CT molecular complexity index is 844. The number of amides is 1. The van der Waals surface area contributed by atoms with Crippen LogP contribution in [0.15, 0.2) is 36.4 Å². The molecule has 1 atom stereocenters. The van der Waals surface area contributed by atoms with Crippen molar-refractivity contribution in [2.45, 2.75) is 19.9 Å². The van der Waals surface area contributed by atoms with Crippen molar-refractivity contribution < 1.29 is 27.8 Å². The summed E-state index contributed by atoms with van der Waals surface area (Å²) in [7, 11) is 0. The first kappa shape index (κ1) is 20.6. The fourth-order valence-electron chi connectivity index (χ4n) is 2.25. The first-order valence-electron chi connectivity index (χ1n) is 8.05. The molecule has 0 aliphatic rings. The summed E-state index contributed by atoms with van der Waals surface area (Å²) in [6, 6.07) is 7.26. The Morgan fingerprint density at radius 3 is 2.56 bits per heavy atom. The lowest BCUT2D eigenvalue weighted by molar-refractivity contribution is -0.150. The molecule has 144 valence electrons.